The Hall–Kier alpha value is -5.74. The Balaban J connectivity index is 1.36. The minimum absolute atomic E-state index is 0.478. The van der Waals surface area contributed by atoms with Crippen LogP contribution in [-0.2, 0) is 5.41 Å². The fourth-order valence-electron chi connectivity index (χ4n) is 6.67. The third kappa shape index (κ3) is 4.46. The van der Waals surface area contributed by atoms with Crippen LogP contribution in [0.15, 0.2) is 146 Å². The van der Waals surface area contributed by atoms with Gasteiger partial charge in [0.1, 0.15) is 0 Å². The van der Waals surface area contributed by atoms with Gasteiger partial charge in [0.15, 0.2) is 17.5 Å². The first-order valence-corrected chi connectivity index (χ1v) is 15.2. The van der Waals surface area contributed by atoms with Crippen LogP contribution in [0.2, 0.25) is 0 Å². The van der Waals surface area contributed by atoms with Crippen molar-refractivity contribution in [2.24, 2.45) is 0 Å². The average molecular weight is 579 g/mol. The minimum Gasteiger partial charge on any atom is -0.265 e. The molecule has 2 heterocycles. The molecular formula is C41H30N4. The Bertz CT molecular complexity index is 2050. The van der Waals surface area contributed by atoms with Crippen LogP contribution in [0.5, 0.6) is 0 Å². The number of fused-ring (bicyclic) bond motifs is 3. The van der Waals surface area contributed by atoms with Crippen molar-refractivity contribution in [1.82, 2.24) is 19.9 Å². The van der Waals surface area contributed by atoms with Gasteiger partial charge in [-0.15, -0.1) is 0 Å². The van der Waals surface area contributed by atoms with Crippen molar-refractivity contribution in [3.8, 4) is 45.3 Å². The van der Waals surface area contributed by atoms with Gasteiger partial charge in [-0.1, -0.05) is 126 Å². The molecule has 0 amide bonds. The van der Waals surface area contributed by atoms with Crippen molar-refractivity contribution in [3.05, 3.63) is 179 Å². The van der Waals surface area contributed by atoms with Gasteiger partial charge in [-0.25, -0.2) is 15.0 Å². The summed E-state index contributed by atoms with van der Waals surface area (Å²) >= 11 is 0. The van der Waals surface area contributed by atoms with Gasteiger partial charge in [0.25, 0.3) is 0 Å². The zero-order valence-electron chi connectivity index (χ0n) is 25.1. The van der Waals surface area contributed by atoms with Crippen molar-refractivity contribution < 1.29 is 0 Å². The highest BCUT2D eigenvalue weighted by Gasteiger charge is 2.46. The van der Waals surface area contributed by atoms with Gasteiger partial charge in [0.05, 0.1) is 5.41 Å². The van der Waals surface area contributed by atoms with Crippen LogP contribution in [0.4, 0.5) is 0 Å². The van der Waals surface area contributed by atoms with Gasteiger partial charge in [0.2, 0.25) is 0 Å². The lowest BCUT2D eigenvalue weighted by Gasteiger charge is -2.33. The average Bonchev–Trinajstić information content (AvgIpc) is 3.40. The largest absolute Gasteiger partial charge is 0.265 e. The van der Waals surface area contributed by atoms with E-state index < -0.39 is 5.41 Å². The molecule has 0 radical (unpaired) electrons. The fraction of sp³-hybridized carbons (Fsp3) is 0.0732. The van der Waals surface area contributed by atoms with Crippen LogP contribution in [0, 0.1) is 13.8 Å². The second kappa shape index (κ2) is 10.8. The number of benzene rings is 5. The van der Waals surface area contributed by atoms with Crippen LogP contribution >= 0.6 is 0 Å². The molecule has 1 aliphatic rings. The molecule has 4 heteroatoms. The summed E-state index contributed by atoms with van der Waals surface area (Å²) in [6.45, 7) is 4.17. The SMILES string of the molecule is Cc1ccc(-c2nc(-c3ccc(C)cc3)nc(-c3ccc4c(c3)-c3ccccc3C4(c3ccccc3)c3ccncc3)n2)cc1. The molecule has 214 valence electrons. The predicted octanol–water partition coefficient (Wildman–Crippen LogP) is 9.25. The molecule has 1 aliphatic carbocycles. The molecule has 0 bridgehead atoms. The highest BCUT2D eigenvalue weighted by atomic mass is 15.0. The van der Waals surface area contributed by atoms with Crippen molar-refractivity contribution in [1.29, 1.82) is 0 Å². The van der Waals surface area contributed by atoms with Gasteiger partial charge in [-0.05, 0) is 65.4 Å². The van der Waals surface area contributed by atoms with E-state index in [1.807, 2.05) is 12.4 Å². The molecule has 0 N–H and O–H groups in total. The maximum Gasteiger partial charge on any atom is 0.164 e. The first-order valence-electron chi connectivity index (χ1n) is 15.2. The van der Waals surface area contributed by atoms with Gasteiger partial charge >= 0.3 is 0 Å². The van der Waals surface area contributed by atoms with Gasteiger partial charge in [-0.2, -0.15) is 0 Å². The van der Waals surface area contributed by atoms with E-state index in [2.05, 4.69) is 152 Å². The molecule has 1 atom stereocenters. The maximum absolute atomic E-state index is 5.05. The zero-order valence-corrected chi connectivity index (χ0v) is 25.1. The number of nitrogens with zero attached hydrogens (tertiary/aromatic N) is 4. The monoisotopic (exact) mass is 578 g/mol. The molecule has 7 aromatic rings. The normalized spacial score (nSPS) is 15.0. The van der Waals surface area contributed by atoms with E-state index in [9.17, 15) is 0 Å². The van der Waals surface area contributed by atoms with Crippen LogP contribution in [0.1, 0.15) is 33.4 Å². The van der Waals surface area contributed by atoms with E-state index in [0.717, 1.165) is 16.7 Å². The highest BCUT2D eigenvalue weighted by molar-refractivity contribution is 5.88. The van der Waals surface area contributed by atoms with Gasteiger partial charge in [-0.3, -0.25) is 4.98 Å². The van der Waals surface area contributed by atoms with E-state index in [0.29, 0.717) is 17.5 Å². The molecule has 0 saturated carbocycles. The standard InChI is InChI=1S/C41H30N4/c1-27-12-16-29(17-13-27)38-43-39(30-18-14-28(2)15-19-30)45-40(44-38)31-20-21-37-35(26-31)34-10-6-7-11-36(34)41(37,32-8-4-3-5-9-32)33-22-24-42-25-23-33/h3-26H,1-2H3. The predicted molar refractivity (Wildman–Crippen MR) is 181 cm³/mol. The van der Waals surface area contributed by atoms with Crippen molar-refractivity contribution in [3.63, 3.8) is 0 Å². The molecule has 1 unspecified atom stereocenters. The van der Waals surface area contributed by atoms with Crippen molar-refractivity contribution in [2.75, 3.05) is 0 Å². The molecule has 0 aliphatic heterocycles. The Labute approximate surface area is 263 Å². The third-order valence-electron chi connectivity index (χ3n) is 8.88. The number of hydrogen-bond donors (Lipinski definition) is 0. The van der Waals surface area contributed by atoms with E-state index in [1.165, 1.54) is 44.5 Å². The lowest BCUT2D eigenvalue weighted by atomic mass is 9.68. The molecule has 0 fully saturated rings. The van der Waals surface area contributed by atoms with Gasteiger partial charge in [0, 0.05) is 29.1 Å². The molecule has 4 nitrogen and oxygen atoms in total. The summed E-state index contributed by atoms with van der Waals surface area (Å²) < 4.78 is 0. The van der Waals surface area contributed by atoms with Crippen LogP contribution in [-0.4, -0.2) is 19.9 Å². The Morgan fingerprint density at radius 1 is 0.422 bits per heavy atom. The summed E-state index contributed by atoms with van der Waals surface area (Å²) in [5.41, 5.74) is 12.1. The smallest absolute Gasteiger partial charge is 0.164 e. The second-order valence-electron chi connectivity index (χ2n) is 11.7. The van der Waals surface area contributed by atoms with E-state index in [4.69, 9.17) is 15.0 Å². The Morgan fingerprint density at radius 3 is 1.53 bits per heavy atom. The lowest BCUT2D eigenvalue weighted by molar-refractivity contribution is 0.766. The third-order valence-corrected chi connectivity index (χ3v) is 8.88. The topological polar surface area (TPSA) is 51.6 Å². The van der Waals surface area contributed by atoms with Crippen molar-refractivity contribution in [2.45, 2.75) is 19.3 Å². The summed E-state index contributed by atoms with van der Waals surface area (Å²) in [5.74, 6) is 1.97. The molecular weight excluding hydrogens is 548 g/mol. The number of aromatic nitrogens is 4. The lowest BCUT2D eigenvalue weighted by Crippen LogP contribution is -2.28. The van der Waals surface area contributed by atoms with Crippen LogP contribution in [0.25, 0.3) is 45.3 Å². The number of pyridine rings is 1. The number of rotatable bonds is 5. The molecule has 5 aromatic carbocycles. The zero-order chi connectivity index (χ0) is 30.4. The van der Waals surface area contributed by atoms with E-state index >= 15 is 0 Å². The highest BCUT2D eigenvalue weighted by Crippen LogP contribution is 2.56. The van der Waals surface area contributed by atoms with E-state index in [1.54, 1.807) is 0 Å². The molecule has 0 spiro atoms. The van der Waals surface area contributed by atoms with Crippen molar-refractivity contribution >= 4 is 0 Å². The van der Waals surface area contributed by atoms with Crippen LogP contribution < -0.4 is 0 Å². The minimum atomic E-state index is -0.478. The summed E-state index contributed by atoms with van der Waals surface area (Å²) in [7, 11) is 0. The maximum atomic E-state index is 5.05. The summed E-state index contributed by atoms with van der Waals surface area (Å²) in [5, 5.41) is 0. The summed E-state index contributed by atoms with van der Waals surface area (Å²) in [4.78, 5) is 19.4. The second-order valence-corrected chi connectivity index (χ2v) is 11.7. The Kier molecular flexibility index (Phi) is 6.42. The molecule has 0 saturated heterocycles. The molecule has 8 rings (SSSR count). The first kappa shape index (κ1) is 26.9. The molecule has 45 heavy (non-hydrogen) atoms. The quantitative estimate of drug-likeness (QED) is 0.204. The number of hydrogen-bond acceptors (Lipinski definition) is 4. The first-order chi connectivity index (χ1) is 22.1. The summed E-state index contributed by atoms with van der Waals surface area (Å²) in [6, 6.07) is 47.2. The summed E-state index contributed by atoms with van der Waals surface area (Å²) in [6.07, 6.45) is 3.78. The van der Waals surface area contributed by atoms with Crippen LogP contribution in [0.3, 0.4) is 0 Å². The number of aryl methyl sites for hydroxylation is 2. The molecule has 2 aromatic heterocycles. The fourth-order valence-corrected chi connectivity index (χ4v) is 6.67. The van der Waals surface area contributed by atoms with E-state index in [-0.39, 0.29) is 0 Å². The Morgan fingerprint density at radius 2 is 0.911 bits per heavy atom. The van der Waals surface area contributed by atoms with Gasteiger partial charge < -0.3 is 0 Å².